The summed E-state index contributed by atoms with van der Waals surface area (Å²) in [5.74, 6) is -0.173. The van der Waals surface area contributed by atoms with Gasteiger partial charge in [-0.1, -0.05) is 17.7 Å². The molecule has 106 valence electrons. The number of carbonyl (C=O) groups is 1. The fourth-order valence-electron chi connectivity index (χ4n) is 1.73. The number of halogens is 1. The number of anilines is 1. The van der Waals surface area contributed by atoms with E-state index < -0.39 is 12.2 Å². The van der Waals surface area contributed by atoms with Crippen molar-refractivity contribution in [2.75, 3.05) is 12.3 Å². The maximum atomic E-state index is 10.7. The third-order valence-electron chi connectivity index (χ3n) is 2.88. The summed E-state index contributed by atoms with van der Waals surface area (Å²) in [6.07, 6.45) is -1.79. The molecule has 0 saturated heterocycles. The Bertz CT molecular complexity index is 442. The van der Waals surface area contributed by atoms with Gasteiger partial charge in [0.1, 0.15) is 6.10 Å². The quantitative estimate of drug-likeness (QED) is 0.611. The van der Waals surface area contributed by atoms with Gasteiger partial charge >= 0.3 is 0 Å². The lowest BCUT2D eigenvalue weighted by Crippen LogP contribution is -2.27. The molecule has 1 amide bonds. The van der Waals surface area contributed by atoms with Gasteiger partial charge in [-0.25, -0.2) is 0 Å². The molecule has 2 atom stereocenters. The van der Waals surface area contributed by atoms with Crippen molar-refractivity contribution in [2.45, 2.75) is 32.5 Å². The number of nitrogen functional groups attached to an aromatic ring is 1. The minimum Gasteiger partial charge on any atom is -0.397 e. The smallest absolute Gasteiger partial charge is 0.216 e. The number of aryl methyl sites for hydroxylation is 1. The molecular formula is C13H19ClN2O3. The first-order chi connectivity index (χ1) is 8.82. The van der Waals surface area contributed by atoms with Crippen LogP contribution in [0.2, 0.25) is 5.02 Å². The molecule has 0 bridgehead atoms. The molecule has 0 aliphatic rings. The summed E-state index contributed by atoms with van der Waals surface area (Å²) < 4.78 is 0. The summed E-state index contributed by atoms with van der Waals surface area (Å²) in [5, 5.41) is 22.8. The molecule has 0 aliphatic carbocycles. The molecule has 0 fully saturated rings. The summed E-state index contributed by atoms with van der Waals surface area (Å²) in [7, 11) is 0. The molecule has 0 spiro atoms. The number of aliphatic hydroxyl groups is 2. The molecule has 2 unspecified atom stereocenters. The van der Waals surface area contributed by atoms with E-state index in [2.05, 4.69) is 5.32 Å². The average molecular weight is 287 g/mol. The lowest BCUT2D eigenvalue weighted by Gasteiger charge is -2.19. The van der Waals surface area contributed by atoms with Gasteiger partial charge in [0.05, 0.1) is 16.8 Å². The lowest BCUT2D eigenvalue weighted by molar-refractivity contribution is -0.119. The lowest BCUT2D eigenvalue weighted by atomic mass is 9.99. The van der Waals surface area contributed by atoms with Gasteiger partial charge in [0.15, 0.2) is 0 Å². The number of hydrogen-bond donors (Lipinski definition) is 4. The van der Waals surface area contributed by atoms with Crippen LogP contribution in [0.1, 0.15) is 30.6 Å². The Hall–Kier alpha value is -1.30. The Morgan fingerprint density at radius 3 is 2.63 bits per heavy atom. The summed E-state index contributed by atoms with van der Waals surface area (Å²) >= 11 is 5.94. The van der Waals surface area contributed by atoms with E-state index >= 15 is 0 Å². The van der Waals surface area contributed by atoms with Gasteiger partial charge in [-0.3, -0.25) is 4.79 Å². The van der Waals surface area contributed by atoms with Crippen LogP contribution >= 0.6 is 11.6 Å². The van der Waals surface area contributed by atoms with Crippen LogP contribution in [0.15, 0.2) is 12.1 Å². The minimum absolute atomic E-state index is 0.173. The largest absolute Gasteiger partial charge is 0.397 e. The first kappa shape index (κ1) is 15.8. The average Bonchev–Trinajstić information content (AvgIpc) is 2.33. The number of benzene rings is 1. The summed E-state index contributed by atoms with van der Waals surface area (Å²) in [6.45, 7) is 3.47. The molecule has 1 rings (SSSR count). The normalized spacial score (nSPS) is 13.9. The van der Waals surface area contributed by atoms with Crippen LogP contribution in [0.3, 0.4) is 0 Å². The van der Waals surface area contributed by atoms with E-state index in [9.17, 15) is 15.0 Å². The Morgan fingerprint density at radius 2 is 2.11 bits per heavy atom. The van der Waals surface area contributed by atoms with Gasteiger partial charge in [0, 0.05) is 13.5 Å². The molecule has 5 nitrogen and oxygen atoms in total. The highest BCUT2D eigenvalue weighted by molar-refractivity contribution is 6.33. The third kappa shape index (κ3) is 4.38. The van der Waals surface area contributed by atoms with Gasteiger partial charge < -0.3 is 21.3 Å². The second-order valence-electron chi connectivity index (χ2n) is 4.52. The van der Waals surface area contributed by atoms with Crippen molar-refractivity contribution in [3.05, 3.63) is 28.3 Å². The molecule has 0 aromatic heterocycles. The molecule has 0 saturated carbocycles. The van der Waals surface area contributed by atoms with Crippen LogP contribution < -0.4 is 11.1 Å². The molecule has 19 heavy (non-hydrogen) atoms. The standard InChI is InChI=1S/C13H19ClN2O3/c1-7-5-9(6-10(14)12(7)15)13(19)11(18)3-4-16-8(2)17/h5-6,11,13,18-19H,3-4,15H2,1-2H3,(H,16,17). The van der Waals surface area contributed by atoms with E-state index in [0.717, 1.165) is 5.56 Å². The molecular weight excluding hydrogens is 268 g/mol. The highest BCUT2D eigenvalue weighted by atomic mass is 35.5. The van der Waals surface area contributed by atoms with Crippen molar-refractivity contribution in [1.29, 1.82) is 0 Å². The topological polar surface area (TPSA) is 95.6 Å². The van der Waals surface area contributed by atoms with E-state index in [1.54, 1.807) is 13.0 Å². The van der Waals surface area contributed by atoms with Crippen molar-refractivity contribution < 1.29 is 15.0 Å². The first-order valence-corrected chi connectivity index (χ1v) is 6.36. The highest BCUT2D eigenvalue weighted by Gasteiger charge is 2.19. The van der Waals surface area contributed by atoms with Crippen LogP contribution in [0.25, 0.3) is 0 Å². The first-order valence-electron chi connectivity index (χ1n) is 5.99. The Morgan fingerprint density at radius 1 is 1.47 bits per heavy atom. The molecule has 6 heteroatoms. The predicted octanol–water partition coefficient (Wildman–Crippen LogP) is 1.15. The summed E-state index contributed by atoms with van der Waals surface area (Å²) in [4.78, 5) is 10.7. The zero-order chi connectivity index (χ0) is 14.6. The second-order valence-corrected chi connectivity index (χ2v) is 4.92. The number of hydrogen-bond acceptors (Lipinski definition) is 4. The van der Waals surface area contributed by atoms with Crippen LogP contribution in [0, 0.1) is 6.92 Å². The fraction of sp³-hybridized carbons (Fsp3) is 0.462. The van der Waals surface area contributed by atoms with Crippen molar-refractivity contribution in [3.8, 4) is 0 Å². The SMILES string of the molecule is CC(=O)NCCC(O)C(O)c1cc(C)c(N)c(Cl)c1. The van der Waals surface area contributed by atoms with Crippen LogP contribution in [-0.4, -0.2) is 28.8 Å². The van der Waals surface area contributed by atoms with Crippen LogP contribution in [0.5, 0.6) is 0 Å². The Balaban J connectivity index is 2.71. The molecule has 0 heterocycles. The van der Waals surface area contributed by atoms with Crippen molar-refractivity contribution >= 4 is 23.2 Å². The predicted molar refractivity (Wildman–Crippen MR) is 74.9 cm³/mol. The minimum atomic E-state index is -1.06. The van der Waals surface area contributed by atoms with E-state index in [0.29, 0.717) is 22.8 Å². The molecule has 1 aromatic rings. The molecule has 0 aliphatic heterocycles. The number of nitrogens with one attached hydrogen (secondary N) is 1. The van der Waals surface area contributed by atoms with Gasteiger partial charge in [0.25, 0.3) is 0 Å². The van der Waals surface area contributed by atoms with Gasteiger partial charge in [-0.15, -0.1) is 0 Å². The third-order valence-corrected chi connectivity index (χ3v) is 3.19. The Labute approximate surface area is 117 Å². The molecule has 1 aromatic carbocycles. The van der Waals surface area contributed by atoms with E-state index in [4.69, 9.17) is 17.3 Å². The number of nitrogens with two attached hydrogens (primary N) is 1. The zero-order valence-electron chi connectivity index (χ0n) is 11.0. The van der Waals surface area contributed by atoms with Crippen molar-refractivity contribution in [1.82, 2.24) is 5.32 Å². The second kappa shape index (κ2) is 6.75. The van der Waals surface area contributed by atoms with E-state index in [1.807, 2.05) is 0 Å². The zero-order valence-corrected chi connectivity index (χ0v) is 11.7. The van der Waals surface area contributed by atoms with Gasteiger partial charge in [-0.2, -0.15) is 0 Å². The maximum Gasteiger partial charge on any atom is 0.216 e. The fourth-order valence-corrected chi connectivity index (χ4v) is 2.00. The van der Waals surface area contributed by atoms with Crippen molar-refractivity contribution in [3.63, 3.8) is 0 Å². The maximum absolute atomic E-state index is 10.7. The van der Waals surface area contributed by atoms with Crippen LogP contribution in [0.4, 0.5) is 5.69 Å². The number of carbonyl (C=O) groups excluding carboxylic acids is 1. The highest BCUT2D eigenvalue weighted by Crippen LogP contribution is 2.29. The van der Waals surface area contributed by atoms with Crippen molar-refractivity contribution in [2.24, 2.45) is 0 Å². The summed E-state index contributed by atoms with van der Waals surface area (Å²) in [6, 6.07) is 3.23. The molecule has 5 N–H and O–H groups in total. The number of rotatable bonds is 5. The summed E-state index contributed by atoms with van der Waals surface area (Å²) in [5.41, 5.74) is 7.43. The van der Waals surface area contributed by atoms with Gasteiger partial charge in [-0.05, 0) is 30.5 Å². The number of aliphatic hydroxyl groups excluding tert-OH is 2. The number of amides is 1. The van der Waals surface area contributed by atoms with Crippen LogP contribution in [-0.2, 0) is 4.79 Å². The van der Waals surface area contributed by atoms with E-state index in [-0.39, 0.29) is 12.3 Å². The molecule has 0 radical (unpaired) electrons. The van der Waals surface area contributed by atoms with Gasteiger partial charge in [0.2, 0.25) is 5.91 Å². The van der Waals surface area contributed by atoms with E-state index in [1.165, 1.54) is 13.0 Å². The Kier molecular flexibility index (Phi) is 5.60. The monoisotopic (exact) mass is 286 g/mol.